The summed E-state index contributed by atoms with van der Waals surface area (Å²) < 4.78 is 14.2. The van der Waals surface area contributed by atoms with Crippen LogP contribution in [0.2, 0.25) is 0 Å². The van der Waals surface area contributed by atoms with E-state index in [1.54, 1.807) is 25.2 Å². The first kappa shape index (κ1) is 33.1. The molecule has 1 unspecified atom stereocenters. The van der Waals surface area contributed by atoms with Gasteiger partial charge in [-0.15, -0.1) is 0 Å². The first-order chi connectivity index (χ1) is 21.3. The van der Waals surface area contributed by atoms with Crippen molar-refractivity contribution in [2.24, 2.45) is 0 Å². The lowest BCUT2D eigenvalue weighted by atomic mass is 10.0. The minimum Gasteiger partial charge on any atom is -0.350 e. The molecule has 2 saturated heterocycles. The lowest BCUT2D eigenvalue weighted by Gasteiger charge is -2.32. The number of halogens is 1. The Morgan fingerprint density at radius 2 is 1.52 bits per heavy atom. The molecule has 0 aliphatic carbocycles. The van der Waals surface area contributed by atoms with Crippen LogP contribution in [0.1, 0.15) is 101 Å². The highest BCUT2D eigenvalue weighted by Gasteiger charge is 2.36. The molecule has 4 rings (SSSR count). The minimum atomic E-state index is -1.05. The van der Waals surface area contributed by atoms with Gasteiger partial charge in [0.15, 0.2) is 0 Å². The monoisotopic (exact) mass is 606 g/mol. The van der Waals surface area contributed by atoms with Gasteiger partial charge in [-0.05, 0) is 37.3 Å². The van der Waals surface area contributed by atoms with E-state index >= 15 is 0 Å². The average Bonchev–Trinajstić information content (AvgIpc) is 3.53. The number of carbonyl (C=O) groups excluding carboxylic acids is 4. The van der Waals surface area contributed by atoms with Crippen LogP contribution in [-0.2, 0) is 25.7 Å². The number of nitrogens with zero attached hydrogens (tertiary/aromatic N) is 2. The van der Waals surface area contributed by atoms with Gasteiger partial charge in [0.25, 0.3) is 0 Å². The van der Waals surface area contributed by atoms with Gasteiger partial charge in [-0.2, -0.15) is 0 Å². The molecule has 0 radical (unpaired) electrons. The summed E-state index contributed by atoms with van der Waals surface area (Å²) in [5, 5.41) is 5.66. The number of hydrogen-bond donors (Lipinski definition) is 2. The molecule has 2 heterocycles. The predicted molar refractivity (Wildman–Crippen MR) is 168 cm³/mol. The summed E-state index contributed by atoms with van der Waals surface area (Å²) in [5.41, 5.74) is 1.41. The topological polar surface area (TPSA) is 98.8 Å². The van der Waals surface area contributed by atoms with Gasteiger partial charge in [0, 0.05) is 32.1 Å². The van der Waals surface area contributed by atoms with Gasteiger partial charge < -0.3 is 20.4 Å². The summed E-state index contributed by atoms with van der Waals surface area (Å²) >= 11 is 0. The quantitative estimate of drug-likeness (QED) is 0.459. The zero-order chi connectivity index (χ0) is 31.3. The third-order valence-corrected chi connectivity index (χ3v) is 8.97. The molecule has 2 aliphatic heterocycles. The summed E-state index contributed by atoms with van der Waals surface area (Å²) in [6, 6.07) is 14.1. The van der Waals surface area contributed by atoms with E-state index in [0.29, 0.717) is 24.9 Å². The number of benzene rings is 2. The lowest BCUT2D eigenvalue weighted by molar-refractivity contribution is -0.144. The first-order valence-electron chi connectivity index (χ1n) is 16.3. The van der Waals surface area contributed by atoms with Crippen molar-refractivity contribution in [2.75, 3.05) is 13.6 Å². The number of likely N-dealkylation sites (tertiary alicyclic amines) is 1. The molecule has 238 valence electrons. The second-order valence-electron chi connectivity index (χ2n) is 12.1. The Morgan fingerprint density at radius 3 is 2.25 bits per heavy atom. The van der Waals surface area contributed by atoms with E-state index in [-0.39, 0.29) is 30.8 Å². The highest BCUT2D eigenvalue weighted by molar-refractivity contribution is 5.95. The third-order valence-electron chi connectivity index (χ3n) is 8.97. The Morgan fingerprint density at radius 1 is 0.864 bits per heavy atom. The molecular formula is C35H47FN4O4. The predicted octanol–water partition coefficient (Wildman–Crippen LogP) is 5.42. The second-order valence-corrected chi connectivity index (χ2v) is 12.1. The normalized spacial score (nSPS) is 22.8. The summed E-state index contributed by atoms with van der Waals surface area (Å²) in [7, 11) is 1.58. The van der Waals surface area contributed by atoms with Crippen LogP contribution in [0.25, 0.3) is 0 Å². The maximum atomic E-state index is 14.2. The van der Waals surface area contributed by atoms with E-state index in [0.717, 1.165) is 69.8 Å². The molecule has 3 atom stereocenters. The van der Waals surface area contributed by atoms with Crippen LogP contribution in [0.15, 0.2) is 54.6 Å². The number of amides is 4. The number of nitrogens with one attached hydrogen (secondary N) is 2. The average molecular weight is 607 g/mol. The molecule has 0 aromatic heterocycles. The fraction of sp³-hybridized carbons (Fsp3) is 0.543. The summed E-state index contributed by atoms with van der Waals surface area (Å²) in [5.74, 6) is -1.73. The number of rotatable bonds is 6. The van der Waals surface area contributed by atoms with E-state index in [2.05, 4.69) is 10.6 Å². The fourth-order valence-electron chi connectivity index (χ4n) is 6.29. The first-order valence-corrected chi connectivity index (χ1v) is 16.3. The highest BCUT2D eigenvalue weighted by Crippen LogP contribution is 2.32. The molecule has 0 spiro atoms. The van der Waals surface area contributed by atoms with Gasteiger partial charge in [-0.1, -0.05) is 93.5 Å². The van der Waals surface area contributed by atoms with Crippen molar-refractivity contribution in [2.45, 2.75) is 108 Å². The van der Waals surface area contributed by atoms with E-state index in [1.165, 1.54) is 11.0 Å². The number of carbonyl (C=O) groups is 4. The molecule has 9 heteroatoms. The fourth-order valence-corrected chi connectivity index (χ4v) is 6.29. The molecule has 0 saturated carbocycles. The maximum Gasteiger partial charge on any atom is 0.243 e. The van der Waals surface area contributed by atoms with Crippen LogP contribution in [0, 0.1) is 5.82 Å². The largest absolute Gasteiger partial charge is 0.350 e. The number of likely N-dealkylation sites (N-methyl/N-ethyl adjacent to an activating group) is 1. The third kappa shape index (κ3) is 9.37. The van der Waals surface area contributed by atoms with Crippen molar-refractivity contribution in [3.8, 4) is 0 Å². The molecule has 2 aromatic carbocycles. The van der Waals surface area contributed by atoms with Crippen LogP contribution >= 0.6 is 0 Å². The van der Waals surface area contributed by atoms with Crippen LogP contribution in [0.4, 0.5) is 4.39 Å². The summed E-state index contributed by atoms with van der Waals surface area (Å²) in [6.45, 7) is 0.583. The van der Waals surface area contributed by atoms with Crippen molar-refractivity contribution in [1.82, 2.24) is 20.4 Å². The van der Waals surface area contributed by atoms with Crippen LogP contribution < -0.4 is 10.6 Å². The van der Waals surface area contributed by atoms with Gasteiger partial charge in [0.05, 0.1) is 12.5 Å². The van der Waals surface area contributed by atoms with Gasteiger partial charge in [0.2, 0.25) is 23.6 Å². The molecule has 2 aliphatic rings. The van der Waals surface area contributed by atoms with Crippen LogP contribution in [-0.4, -0.2) is 59.1 Å². The molecule has 2 N–H and O–H groups in total. The molecule has 4 amide bonds. The van der Waals surface area contributed by atoms with Crippen LogP contribution in [0.5, 0.6) is 0 Å². The Balaban J connectivity index is 1.52. The molecular weight excluding hydrogens is 559 g/mol. The van der Waals surface area contributed by atoms with Crippen LogP contribution in [0.3, 0.4) is 0 Å². The SMILES string of the molecule is CN1C(=O)CCCCCCCCCC[C@@H](C(=O)NCc2ccccc2F)NC(=O)C1CC(=O)N1CCC[C@@H]1c1ccccc1. The van der Waals surface area contributed by atoms with E-state index in [1.807, 2.05) is 35.2 Å². The second kappa shape index (κ2) is 16.9. The van der Waals surface area contributed by atoms with Crippen molar-refractivity contribution in [3.63, 3.8) is 0 Å². The Kier molecular flexibility index (Phi) is 12.8. The Bertz CT molecular complexity index is 1260. The number of hydrogen-bond acceptors (Lipinski definition) is 4. The molecule has 44 heavy (non-hydrogen) atoms. The minimum absolute atomic E-state index is 0.00594. The Hall–Kier alpha value is -3.75. The highest BCUT2D eigenvalue weighted by atomic mass is 19.1. The molecule has 2 fully saturated rings. The smallest absolute Gasteiger partial charge is 0.243 e. The standard InChI is InChI=1S/C35H47FN4O4/c1-39-31(24-33(42)40-23-15-21-30(40)26-16-9-8-10-17-26)35(44)38-29(34(43)37-25-27-18-13-14-19-28(27)36)20-11-6-4-2-3-5-7-12-22-32(39)41/h8-10,13-14,16-19,29-31H,2-7,11-12,15,20-25H2,1H3,(H,37,43)(H,38,44)/t29-,30+,31?/m0/s1. The van der Waals surface area contributed by atoms with E-state index < -0.39 is 29.7 Å². The van der Waals surface area contributed by atoms with Gasteiger partial charge >= 0.3 is 0 Å². The van der Waals surface area contributed by atoms with Gasteiger partial charge in [-0.3, -0.25) is 19.2 Å². The van der Waals surface area contributed by atoms with Gasteiger partial charge in [0.1, 0.15) is 17.9 Å². The van der Waals surface area contributed by atoms with Crippen molar-refractivity contribution < 1.29 is 23.6 Å². The summed E-state index contributed by atoms with van der Waals surface area (Å²) in [4.78, 5) is 57.5. The van der Waals surface area contributed by atoms with E-state index in [4.69, 9.17) is 0 Å². The van der Waals surface area contributed by atoms with Gasteiger partial charge in [-0.25, -0.2) is 4.39 Å². The maximum absolute atomic E-state index is 14.2. The van der Waals surface area contributed by atoms with Crippen molar-refractivity contribution >= 4 is 23.6 Å². The molecule has 0 bridgehead atoms. The zero-order valence-corrected chi connectivity index (χ0v) is 25.9. The lowest BCUT2D eigenvalue weighted by Crippen LogP contribution is -2.55. The molecule has 8 nitrogen and oxygen atoms in total. The summed E-state index contributed by atoms with van der Waals surface area (Å²) in [6.07, 6.45) is 9.89. The Labute approximate surface area is 260 Å². The van der Waals surface area contributed by atoms with Crippen molar-refractivity contribution in [1.29, 1.82) is 0 Å². The van der Waals surface area contributed by atoms with E-state index in [9.17, 15) is 23.6 Å². The zero-order valence-electron chi connectivity index (χ0n) is 25.9. The molecule has 2 aromatic rings. The van der Waals surface area contributed by atoms with Crippen molar-refractivity contribution in [3.05, 3.63) is 71.5 Å².